The number of carbonyl (C=O) groups is 3. The van der Waals surface area contributed by atoms with Gasteiger partial charge in [-0.15, -0.1) is 0 Å². The first kappa shape index (κ1) is 20.7. The number of rotatable bonds is 4. The van der Waals surface area contributed by atoms with Crippen molar-refractivity contribution in [2.24, 2.45) is 0 Å². The van der Waals surface area contributed by atoms with E-state index in [0.29, 0.717) is 17.0 Å². The van der Waals surface area contributed by atoms with Gasteiger partial charge in [0.25, 0.3) is 11.8 Å². The van der Waals surface area contributed by atoms with E-state index in [1.165, 1.54) is 6.07 Å². The molecule has 3 aromatic rings. The van der Waals surface area contributed by atoms with E-state index in [2.05, 4.69) is 16.0 Å². The second kappa shape index (κ2) is 9.53. The maximum absolute atomic E-state index is 14.2. The first-order chi connectivity index (χ1) is 20.3. The normalized spacial score (nSPS) is 19.0. The standard InChI is InChI=1S/C26H18ClF5N4O3/c1-2-36-10-12-7-18(33-23(37)11-5-13(26(30,31)32)8-15(29)6-11)19-20(21(12)35-25(36)39)24(38)34-22(19)16-9-14(28)3-4-17(16)27/h3-9,22H,2,10H2,1H3,(H,33,37)(H,34,38)(H,35,39)/i1D3,2D2. The van der Waals surface area contributed by atoms with Crippen LogP contribution in [-0.4, -0.2) is 29.2 Å². The monoisotopic (exact) mass is 569 g/mol. The lowest BCUT2D eigenvalue weighted by Gasteiger charge is -2.30. The van der Waals surface area contributed by atoms with Gasteiger partial charge < -0.3 is 20.9 Å². The Hall–Kier alpha value is -4.19. The van der Waals surface area contributed by atoms with Crippen molar-refractivity contribution in [3.63, 3.8) is 0 Å². The topological polar surface area (TPSA) is 90.5 Å². The molecule has 7 nitrogen and oxygen atoms in total. The number of hydrogen-bond donors (Lipinski definition) is 3. The highest BCUT2D eigenvalue weighted by molar-refractivity contribution is 6.31. The van der Waals surface area contributed by atoms with Crippen LogP contribution in [0.1, 0.15) is 62.7 Å². The number of urea groups is 1. The van der Waals surface area contributed by atoms with Crippen molar-refractivity contribution in [1.82, 2.24) is 10.2 Å². The van der Waals surface area contributed by atoms with E-state index in [4.69, 9.17) is 18.5 Å². The molecule has 13 heteroatoms. The summed E-state index contributed by atoms with van der Waals surface area (Å²) in [6, 6.07) is 2.99. The predicted molar refractivity (Wildman–Crippen MR) is 132 cm³/mol. The maximum atomic E-state index is 14.2. The van der Waals surface area contributed by atoms with E-state index in [1.807, 2.05) is 0 Å². The molecule has 0 radical (unpaired) electrons. The van der Waals surface area contributed by atoms with Gasteiger partial charge in [0.2, 0.25) is 0 Å². The summed E-state index contributed by atoms with van der Waals surface area (Å²) in [5.41, 5.74) is -3.13. The lowest BCUT2D eigenvalue weighted by molar-refractivity contribution is -0.137. The summed E-state index contributed by atoms with van der Waals surface area (Å²) in [4.78, 5) is 39.8. The first-order valence-electron chi connectivity index (χ1n) is 13.5. The van der Waals surface area contributed by atoms with Crippen molar-refractivity contribution >= 4 is 40.8 Å². The number of hydrogen-bond acceptors (Lipinski definition) is 3. The molecule has 2 aliphatic rings. The molecule has 1 atom stereocenters. The molecule has 5 rings (SSSR count). The quantitative estimate of drug-likeness (QED) is 0.332. The minimum Gasteiger partial charge on any atom is -0.341 e. The third kappa shape index (κ3) is 4.76. The number of alkyl halides is 3. The number of fused-ring (bicyclic) bond motifs is 3. The number of nitrogens with one attached hydrogen (secondary N) is 3. The molecule has 3 aromatic carbocycles. The van der Waals surface area contributed by atoms with E-state index < -0.39 is 72.7 Å². The number of anilines is 2. The van der Waals surface area contributed by atoms with Crippen LogP contribution in [0.25, 0.3) is 0 Å². The van der Waals surface area contributed by atoms with Crippen LogP contribution >= 0.6 is 11.6 Å². The Labute approximate surface area is 230 Å². The smallest absolute Gasteiger partial charge is 0.341 e. The molecular formula is C26H18ClF5N4O3. The summed E-state index contributed by atoms with van der Waals surface area (Å²) in [6.45, 7) is -7.23. The van der Waals surface area contributed by atoms with Crippen LogP contribution in [0.15, 0.2) is 42.5 Å². The van der Waals surface area contributed by atoms with Crippen molar-refractivity contribution in [3.8, 4) is 0 Å². The number of carbonyl (C=O) groups excluding carboxylic acids is 3. The van der Waals surface area contributed by atoms with Crippen molar-refractivity contribution in [3.05, 3.63) is 92.5 Å². The fraction of sp³-hybridized carbons (Fsp3) is 0.192. The van der Waals surface area contributed by atoms with Crippen molar-refractivity contribution in [2.45, 2.75) is 25.6 Å². The molecule has 0 fully saturated rings. The van der Waals surface area contributed by atoms with Gasteiger partial charge >= 0.3 is 12.2 Å². The number of nitrogens with zero attached hydrogens (tertiary/aromatic N) is 1. The maximum Gasteiger partial charge on any atom is 0.416 e. The molecule has 2 aliphatic heterocycles. The molecule has 0 bridgehead atoms. The molecule has 0 aliphatic carbocycles. The highest BCUT2D eigenvalue weighted by Gasteiger charge is 2.40. The van der Waals surface area contributed by atoms with Crippen LogP contribution in [0, 0.1) is 11.6 Å². The minimum absolute atomic E-state index is 0.00169. The summed E-state index contributed by atoms with van der Waals surface area (Å²) < 4.78 is 107. The molecule has 0 saturated carbocycles. The largest absolute Gasteiger partial charge is 0.416 e. The van der Waals surface area contributed by atoms with E-state index >= 15 is 0 Å². The Morgan fingerprint density at radius 3 is 2.67 bits per heavy atom. The van der Waals surface area contributed by atoms with E-state index in [0.717, 1.165) is 18.2 Å². The summed E-state index contributed by atoms with van der Waals surface area (Å²) in [7, 11) is 0. The van der Waals surface area contributed by atoms with Crippen LogP contribution in [0.4, 0.5) is 38.1 Å². The van der Waals surface area contributed by atoms with Crippen LogP contribution in [0.5, 0.6) is 0 Å². The molecular weight excluding hydrogens is 547 g/mol. The highest BCUT2D eigenvalue weighted by atomic mass is 35.5. The third-order valence-corrected chi connectivity index (χ3v) is 6.53. The lowest BCUT2D eigenvalue weighted by atomic mass is 9.92. The molecule has 4 amide bonds. The Morgan fingerprint density at radius 1 is 1.18 bits per heavy atom. The van der Waals surface area contributed by atoms with Gasteiger partial charge in [-0.1, -0.05) is 11.6 Å². The summed E-state index contributed by atoms with van der Waals surface area (Å²) >= 11 is 6.28. The van der Waals surface area contributed by atoms with Crippen molar-refractivity contribution in [2.75, 3.05) is 17.1 Å². The average Bonchev–Trinajstić information content (AvgIpc) is 3.26. The minimum atomic E-state index is -5.00. The van der Waals surface area contributed by atoms with Crippen LogP contribution < -0.4 is 16.0 Å². The molecule has 39 heavy (non-hydrogen) atoms. The molecule has 0 spiro atoms. The molecule has 0 aromatic heterocycles. The van der Waals surface area contributed by atoms with E-state index in [-0.39, 0.29) is 44.7 Å². The zero-order valence-electron chi connectivity index (χ0n) is 24.3. The lowest BCUT2D eigenvalue weighted by Crippen LogP contribution is -2.39. The van der Waals surface area contributed by atoms with Gasteiger partial charge in [-0.3, -0.25) is 9.59 Å². The fourth-order valence-corrected chi connectivity index (χ4v) is 4.72. The van der Waals surface area contributed by atoms with Gasteiger partial charge in [-0.25, -0.2) is 13.6 Å². The number of benzene rings is 3. The molecule has 0 saturated heterocycles. The molecule has 2 heterocycles. The van der Waals surface area contributed by atoms with Gasteiger partial charge in [-0.2, -0.15) is 13.2 Å². The zero-order chi connectivity index (χ0) is 32.5. The zero-order valence-corrected chi connectivity index (χ0v) is 20.0. The second-order valence-electron chi connectivity index (χ2n) is 8.63. The molecule has 1 unspecified atom stereocenters. The van der Waals surface area contributed by atoms with Gasteiger partial charge in [0, 0.05) is 47.3 Å². The average molecular weight is 570 g/mol. The van der Waals surface area contributed by atoms with Gasteiger partial charge in [-0.05, 0) is 54.9 Å². The summed E-state index contributed by atoms with van der Waals surface area (Å²) in [6.07, 6.45) is -5.00. The Bertz CT molecular complexity index is 1750. The van der Waals surface area contributed by atoms with Crippen LogP contribution in [-0.2, 0) is 12.7 Å². The van der Waals surface area contributed by atoms with Crippen LogP contribution in [0.2, 0.25) is 5.02 Å². The highest BCUT2D eigenvalue weighted by Crippen LogP contribution is 2.45. The number of halogens is 6. The Balaban J connectivity index is 1.69. The van der Waals surface area contributed by atoms with Gasteiger partial charge in [0.15, 0.2) is 0 Å². The van der Waals surface area contributed by atoms with Crippen molar-refractivity contribution < 1.29 is 43.2 Å². The fourth-order valence-electron chi connectivity index (χ4n) is 4.49. The molecule has 202 valence electrons. The molecule has 3 N–H and O–H groups in total. The number of amides is 4. The Morgan fingerprint density at radius 2 is 1.95 bits per heavy atom. The second-order valence-corrected chi connectivity index (χ2v) is 9.04. The van der Waals surface area contributed by atoms with Gasteiger partial charge in [0.05, 0.1) is 22.9 Å². The van der Waals surface area contributed by atoms with Crippen LogP contribution in [0.3, 0.4) is 0 Å². The van der Waals surface area contributed by atoms with Crippen molar-refractivity contribution in [1.29, 1.82) is 0 Å². The predicted octanol–water partition coefficient (Wildman–Crippen LogP) is 6.09. The third-order valence-electron chi connectivity index (χ3n) is 6.19. The van der Waals surface area contributed by atoms with Gasteiger partial charge in [0.1, 0.15) is 11.6 Å². The van der Waals surface area contributed by atoms with E-state index in [9.17, 15) is 36.3 Å². The Kier molecular flexibility index (Phi) is 5.06. The SMILES string of the molecule is [2H]C([2H])([2H])C([2H])([2H])N1Cc2cc(NC(=O)c3cc(F)cc(C(F)(F)F)c3)c3c(c2NC1=O)C(=O)NC3c1cc(F)ccc1Cl. The van der Waals surface area contributed by atoms with E-state index in [1.54, 1.807) is 0 Å². The summed E-state index contributed by atoms with van der Waals surface area (Å²) in [5.74, 6) is -4.25. The summed E-state index contributed by atoms with van der Waals surface area (Å²) in [5, 5.41) is 7.15. The first-order valence-corrected chi connectivity index (χ1v) is 11.4.